The van der Waals surface area contributed by atoms with Gasteiger partial charge < -0.3 is 4.90 Å². The molecule has 1 atom stereocenters. The fraction of sp³-hybridized carbons (Fsp3) is 0.667. The maximum absolute atomic E-state index is 5.71. The first kappa shape index (κ1) is 12.5. The summed E-state index contributed by atoms with van der Waals surface area (Å²) in [7, 11) is 1.91. The van der Waals surface area contributed by atoms with Crippen LogP contribution in [-0.2, 0) is 0 Å². The summed E-state index contributed by atoms with van der Waals surface area (Å²) in [6.07, 6.45) is 0. The number of aromatic nitrogens is 3. The van der Waals surface area contributed by atoms with Gasteiger partial charge in [-0.3, -0.25) is 0 Å². The highest BCUT2D eigenvalue weighted by Crippen LogP contribution is 2.17. The largest absolute Gasteiger partial charge is 0.341 e. The molecular formula is C9H14Cl2N4. The Bertz CT molecular complexity index is 323. The van der Waals surface area contributed by atoms with Gasteiger partial charge in [-0.05, 0) is 36.0 Å². The SMILES string of the molecule is CC(C)C(C)N(C)c1nc(Cl)nc(Cl)n1. The summed E-state index contributed by atoms with van der Waals surface area (Å²) < 4.78 is 0. The highest BCUT2D eigenvalue weighted by atomic mass is 35.5. The Labute approximate surface area is 99.6 Å². The molecule has 1 aromatic heterocycles. The molecule has 0 aliphatic heterocycles. The minimum Gasteiger partial charge on any atom is -0.341 e. The van der Waals surface area contributed by atoms with Gasteiger partial charge in [-0.2, -0.15) is 15.0 Å². The van der Waals surface area contributed by atoms with Gasteiger partial charge >= 0.3 is 0 Å². The third-order valence-electron chi connectivity index (χ3n) is 2.46. The van der Waals surface area contributed by atoms with Gasteiger partial charge in [-0.25, -0.2) is 0 Å². The molecule has 6 heteroatoms. The zero-order valence-electron chi connectivity index (χ0n) is 9.20. The van der Waals surface area contributed by atoms with E-state index in [2.05, 4.69) is 35.7 Å². The molecule has 1 unspecified atom stereocenters. The number of hydrogen-bond acceptors (Lipinski definition) is 4. The Kier molecular flexibility index (Phi) is 4.11. The highest BCUT2D eigenvalue weighted by molar-refractivity contribution is 6.31. The average Bonchev–Trinajstić information content (AvgIpc) is 2.13. The third-order valence-corrected chi connectivity index (χ3v) is 2.80. The van der Waals surface area contributed by atoms with E-state index in [1.807, 2.05) is 11.9 Å². The van der Waals surface area contributed by atoms with Crippen molar-refractivity contribution < 1.29 is 0 Å². The van der Waals surface area contributed by atoms with E-state index in [9.17, 15) is 0 Å². The van der Waals surface area contributed by atoms with Gasteiger partial charge in [-0.15, -0.1) is 0 Å². The van der Waals surface area contributed by atoms with E-state index in [1.54, 1.807) is 0 Å². The van der Waals surface area contributed by atoms with Crippen molar-refractivity contribution in [3.8, 4) is 0 Å². The number of hydrogen-bond donors (Lipinski definition) is 0. The summed E-state index contributed by atoms with van der Waals surface area (Å²) >= 11 is 11.4. The van der Waals surface area contributed by atoms with Crippen molar-refractivity contribution in [3.63, 3.8) is 0 Å². The molecule has 0 amide bonds. The van der Waals surface area contributed by atoms with Crippen molar-refractivity contribution in [2.75, 3.05) is 11.9 Å². The molecule has 15 heavy (non-hydrogen) atoms. The monoisotopic (exact) mass is 248 g/mol. The predicted molar refractivity (Wildman–Crippen MR) is 62.6 cm³/mol. The molecule has 1 rings (SSSR count). The molecule has 0 fully saturated rings. The summed E-state index contributed by atoms with van der Waals surface area (Å²) in [5, 5.41) is 0.237. The quantitative estimate of drug-likeness (QED) is 0.825. The van der Waals surface area contributed by atoms with E-state index < -0.39 is 0 Å². The van der Waals surface area contributed by atoms with Crippen LogP contribution in [0.5, 0.6) is 0 Å². The van der Waals surface area contributed by atoms with Gasteiger partial charge in [0.1, 0.15) is 0 Å². The van der Waals surface area contributed by atoms with Crippen molar-refractivity contribution in [3.05, 3.63) is 10.6 Å². The fourth-order valence-electron chi connectivity index (χ4n) is 1.10. The van der Waals surface area contributed by atoms with Crippen LogP contribution in [0.2, 0.25) is 10.6 Å². The van der Waals surface area contributed by atoms with Crippen molar-refractivity contribution in [2.24, 2.45) is 5.92 Å². The molecule has 0 saturated heterocycles. The van der Waals surface area contributed by atoms with Crippen LogP contribution in [0.4, 0.5) is 5.95 Å². The third kappa shape index (κ3) is 3.18. The van der Waals surface area contributed by atoms with E-state index in [4.69, 9.17) is 23.2 Å². The molecule has 0 radical (unpaired) electrons. The Morgan fingerprint density at radius 1 is 1.00 bits per heavy atom. The van der Waals surface area contributed by atoms with Gasteiger partial charge in [0.25, 0.3) is 0 Å². The summed E-state index contributed by atoms with van der Waals surface area (Å²) in [4.78, 5) is 13.7. The second-order valence-electron chi connectivity index (χ2n) is 3.77. The number of halogens is 2. The molecule has 0 aromatic carbocycles. The van der Waals surface area contributed by atoms with Gasteiger partial charge in [-0.1, -0.05) is 13.8 Å². The predicted octanol–water partition coefficient (Wildman–Crippen LogP) is 2.66. The minimum absolute atomic E-state index is 0.118. The Morgan fingerprint density at radius 2 is 1.47 bits per heavy atom. The van der Waals surface area contributed by atoms with Crippen LogP contribution in [-0.4, -0.2) is 28.0 Å². The lowest BCUT2D eigenvalue weighted by atomic mass is 10.1. The molecular weight excluding hydrogens is 235 g/mol. The first-order valence-corrected chi connectivity index (χ1v) is 5.47. The topological polar surface area (TPSA) is 41.9 Å². The number of rotatable bonds is 3. The molecule has 0 aliphatic rings. The minimum atomic E-state index is 0.118. The molecule has 0 aliphatic carbocycles. The first-order chi connectivity index (χ1) is 6.91. The molecule has 1 heterocycles. The van der Waals surface area contributed by atoms with E-state index in [0.717, 1.165) is 0 Å². The lowest BCUT2D eigenvalue weighted by Crippen LogP contribution is -2.34. The molecule has 0 bridgehead atoms. The Balaban J connectivity index is 2.95. The Morgan fingerprint density at radius 3 is 1.87 bits per heavy atom. The summed E-state index contributed by atoms with van der Waals surface area (Å²) in [6, 6.07) is 0.305. The Hall–Kier alpha value is -0.610. The van der Waals surface area contributed by atoms with Crippen LogP contribution in [0.15, 0.2) is 0 Å². The van der Waals surface area contributed by atoms with Crippen molar-refractivity contribution in [1.29, 1.82) is 0 Å². The zero-order valence-corrected chi connectivity index (χ0v) is 10.7. The van der Waals surface area contributed by atoms with Crippen LogP contribution in [0.25, 0.3) is 0 Å². The van der Waals surface area contributed by atoms with Gasteiger partial charge in [0.15, 0.2) is 0 Å². The lowest BCUT2D eigenvalue weighted by molar-refractivity contribution is 0.499. The van der Waals surface area contributed by atoms with E-state index in [-0.39, 0.29) is 10.6 Å². The molecule has 0 N–H and O–H groups in total. The number of anilines is 1. The van der Waals surface area contributed by atoms with Crippen molar-refractivity contribution in [2.45, 2.75) is 26.8 Å². The maximum Gasteiger partial charge on any atom is 0.230 e. The molecule has 0 saturated carbocycles. The smallest absolute Gasteiger partial charge is 0.230 e. The average molecular weight is 249 g/mol. The van der Waals surface area contributed by atoms with E-state index in [1.165, 1.54) is 0 Å². The van der Waals surface area contributed by atoms with Crippen molar-refractivity contribution >= 4 is 29.2 Å². The van der Waals surface area contributed by atoms with E-state index >= 15 is 0 Å². The van der Waals surface area contributed by atoms with Gasteiger partial charge in [0.05, 0.1) is 0 Å². The second kappa shape index (κ2) is 4.94. The summed E-state index contributed by atoms with van der Waals surface area (Å²) in [5.74, 6) is 0.991. The molecule has 84 valence electrons. The van der Waals surface area contributed by atoms with Crippen LogP contribution in [0.1, 0.15) is 20.8 Å². The zero-order chi connectivity index (χ0) is 11.6. The van der Waals surface area contributed by atoms with Gasteiger partial charge in [0, 0.05) is 13.1 Å². The van der Waals surface area contributed by atoms with E-state index in [0.29, 0.717) is 17.9 Å². The first-order valence-electron chi connectivity index (χ1n) is 4.71. The standard InChI is InChI=1S/C9H14Cl2N4/c1-5(2)6(3)15(4)9-13-7(10)12-8(11)14-9/h5-6H,1-4H3. The normalized spacial score (nSPS) is 13.0. The van der Waals surface area contributed by atoms with Crippen LogP contribution >= 0.6 is 23.2 Å². The van der Waals surface area contributed by atoms with Crippen LogP contribution < -0.4 is 4.90 Å². The van der Waals surface area contributed by atoms with Crippen LogP contribution in [0, 0.1) is 5.92 Å². The second-order valence-corrected chi connectivity index (χ2v) is 4.45. The molecule has 4 nitrogen and oxygen atoms in total. The molecule has 1 aromatic rings. The molecule has 0 spiro atoms. The van der Waals surface area contributed by atoms with Gasteiger partial charge in [0.2, 0.25) is 16.5 Å². The summed E-state index contributed by atoms with van der Waals surface area (Å²) in [6.45, 7) is 6.35. The summed E-state index contributed by atoms with van der Waals surface area (Å²) in [5.41, 5.74) is 0. The lowest BCUT2D eigenvalue weighted by Gasteiger charge is -2.27. The highest BCUT2D eigenvalue weighted by Gasteiger charge is 2.17. The maximum atomic E-state index is 5.71. The number of nitrogens with zero attached hydrogens (tertiary/aromatic N) is 4. The van der Waals surface area contributed by atoms with Crippen molar-refractivity contribution in [1.82, 2.24) is 15.0 Å². The fourth-order valence-corrected chi connectivity index (χ4v) is 1.46. The van der Waals surface area contributed by atoms with Crippen LogP contribution in [0.3, 0.4) is 0 Å².